The van der Waals surface area contributed by atoms with E-state index >= 15 is 0 Å². The highest BCUT2D eigenvalue weighted by Gasteiger charge is 2.30. The van der Waals surface area contributed by atoms with Crippen LogP contribution < -0.4 is 10.4 Å². The molecule has 1 saturated heterocycles. The van der Waals surface area contributed by atoms with Crippen molar-refractivity contribution in [1.29, 1.82) is 0 Å². The number of hydrogen-bond donors (Lipinski definition) is 3. The molecule has 1 heterocycles. The highest BCUT2D eigenvalue weighted by molar-refractivity contribution is 5.87. The maximum Gasteiger partial charge on any atom is 0.272 e. The predicted molar refractivity (Wildman–Crippen MR) is 106 cm³/mol. The van der Waals surface area contributed by atoms with Gasteiger partial charge in [-0.1, -0.05) is 42.5 Å². The Bertz CT molecular complexity index is 810. The standard InChI is InChI=1S/C21H25N3O4/c1-15-14-23(11-12-24(15)20(26)13-19(25)21(27)22-28)18-9-7-17(8-10-18)16-5-3-2-4-6-16/h2-10,15,19,25,28H,11-14H2,1H3,(H,22,27)/t15-,19+/m1/s1. The average molecular weight is 383 g/mol. The van der Waals surface area contributed by atoms with Crippen molar-refractivity contribution in [3.05, 3.63) is 54.6 Å². The number of carbonyl (C=O) groups is 2. The number of anilines is 1. The minimum Gasteiger partial charge on any atom is -0.383 e. The number of nitrogens with one attached hydrogen (secondary N) is 1. The second-order valence-corrected chi connectivity index (χ2v) is 6.99. The van der Waals surface area contributed by atoms with E-state index in [0.717, 1.165) is 11.3 Å². The molecular formula is C21H25N3O4. The summed E-state index contributed by atoms with van der Waals surface area (Å²) in [4.78, 5) is 27.5. The van der Waals surface area contributed by atoms with E-state index in [0.29, 0.717) is 19.6 Å². The van der Waals surface area contributed by atoms with Crippen LogP contribution in [0, 0.1) is 0 Å². The number of carbonyl (C=O) groups excluding carboxylic acids is 2. The Morgan fingerprint density at radius 3 is 2.32 bits per heavy atom. The molecule has 0 bridgehead atoms. The summed E-state index contributed by atoms with van der Waals surface area (Å²) in [6.45, 7) is 3.79. The summed E-state index contributed by atoms with van der Waals surface area (Å²) < 4.78 is 0. The smallest absolute Gasteiger partial charge is 0.272 e. The van der Waals surface area contributed by atoms with E-state index < -0.39 is 12.0 Å². The van der Waals surface area contributed by atoms with Crippen LogP contribution in [0.25, 0.3) is 11.1 Å². The van der Waals surface area contributed by atoms with Gasteiger partial charge in [0, 0.05) is 31.4 Å². The van der Waals surface area contributed by atoms with Crippen LogP contribution in [0.5, 0.6) is 0 Å². The van der Waals surface area contributed by atoms with Crippen molar-refractivity contribution in [2.75, 3.05) is 24.5 Å². The molecule has 3 rings (SSSR count). The summed E-state index contributed by atoms with van der Waals surface area (Å²) in [5.41, 5.74) is 4.78. The van der Waals surface area contributed by atoms with Gasteiger partial charge in [0.1, 0.15) is 6.10 Å². The minimum atomic E-state index is -1.55. The third kappa shape index (κ3) is 4.49. The molecule has 7 heteroatoms. The molecule has 3 N–H and O–H groups in total. The van der Waals surface area contributed by atoms with E-state index in [1.165, 1.54) is 11.0 Å². The van der Waals surface area contributed by atoms with Gasteiger partial charge >= 0.3 is 0 Å². The topological polar surface area (TPSA) is 93.1 Å². The van der Waals surface area contributed by atoms with Crippen molar-refractivity contribution in [2.45, 2.75) is 25.5 Å². The van der Waals surface area contributed by atoms with Crippen LogP contribution in [0.3, 0.4) is 0 Å². The summed E-state index contributed by atoms with van der Waals surface area (Å²) in [5.74, 6) is -1.28. The fourth-order valence-corrected chi connectivity index (χ4v) is 3.51. The lowest BCUT2D eigenvalue weighted by Gasteiger charge is -2.41. The van der Waals surface area contributed by atoms with Crippen LogP contribution in [0.2, 0.25) is 0 Å². The molecule has 0 spiro atoms. The van der Waals surface area contributed by atoms with E-state index in [9.17, 15) is 14.7 Å². The quantitative estimate of drug-likeness (QED) is 0.539. The van der Waals surface area contributed by atoms with E-state index in [1.807, 2.05) is 25.1 Å². The predicted octanol–water partition coefficient (Wildman–Crippen LogP) is 1.65. The molecule has 0 aliphatic carbocycles. The van der Waals surface area contributed by atoms with E-state index in [-0.39, 0.29) is 18.4 Å². The normalized spacial score (nSPS) is 17.9. The fraction of sp³-hybridized carbons (Fsp3) is 0.333. The Balaban J connectivity index is 1.60. The third-order valence-electron chi connectivity index (χ3n) is 5.07. The zero-order chi connectivity index (χ0) is 20.1. The van der Waals surface area contributed by atoms with Crippen molar-refractivity contribution < 1.29 is 19.9 Å². The molecule has 0 radical (unpaired) electrons. The van der Waals surface area contributed by atoms with Crippen molar-refractivity contribution in [3.63, 3.8) is 0 Å². The molecule has 2 aromatic rings. The first-order chi connectivity index (χ1) is 13.5. The Morgan fingerprint density at radius 2 is 1.71 bits per heavy atom. The number of aliphatic hydroxyl groups is 1. The van der Waals surface area contributed by atoms with Gasteiger partial charge in [-0.05, 0) is 30.2 Å². The zero-order valence-corrected chi connectivity index (χ0v) is 15.8. The van der Waals surface area contributed by atoms with Crippen molar-refractivity contribution in [2.24, 2.45) is 0 Å². The van der Waals surface area contributed by atoms with Gasteiger partial charge in [-0.15, -0.1) is 0 Å². The molecule has 28 heavy (non-hydrogen) atoms. The van der Waals surface area contributed by atoms with Gasteiger partial charge in [-0.25, -0.2) is 5.48 Å². The summed E-state index contributed by atoms with van der Waals surface area (Å²) in [7, 11) is 0. The van der Waals surface area contributed by atoms with Crippen molar-refractivity contribution >= 4 is 17.5 Å². The van der Waals surface area contributed by atoms with E-state index in [1.54, 1.807) is 4.90 Å². The second kappa shape index (κ2) is 8.86. The van der Waals surface area contributed by atoms with Crippen molar-refractivity contribution in [1.82, 2.24) is 10.4 Å². The number of hydrogen-bond acceptors (Lipinski definition) is 5. The number of piperazine rings is 1. The number of rotatable bonds is 5. The molecule has 0 unspecified atom stereocenters. The average Bonchev–Trinajstić information content (AvgIpc) is 2.73. The zero-order valence-electron chi connectivity index (χ0n) is 15.8. The van der Waals surface area contributed by atoms with Gasteiger partial charge in [0.05, 0.1) is 6.42 Å². The van der Waals surface area contributed by atoms with Crippen LogP contribution in [0.15, 0.2) is 54.6 Å². The molecule has 0 aromatic heterocycles. The van der Waals surface area contributed by atoms with Crippen LogP contribution >= 0.6 is 0 Å². The maximum absolute atomic E-state index is 12.4. The first-order valence-electron chi connectivity index (χ1n) is 9.31. The fourth-order valence-electron chi connectivity index (χ4n) is 3.51. The SMILES string of the molecule is C[C@@H]1CN(c2ccc(-c3ccccc3)cc2)CCN1C(=O)C[C@H](O)C(=O)NO. The summed E-state index contributed by atoms with van der Waals surface area (Å²) >= 11 is 0. The number of benzene rings is 2. The molecule has 0 saturated carbocycles. The van der Waals surface area contributed by atoms with Crippen LogP contribution in [-0.4, -0.2) is 58.8 Å². The molecule has 1 aliphatic heterocycles. The Labute approximate surface area is 164 Å². The molecule has 1 fully saturated rings. The number of amides is 2. The third-order valence-corrected chi connectivity index (χ3v) is 5.07. The lowest BCUT2D eigenvalue weighted by molar-refractivity contribution is -0.145. The Kier molecular flexibility index (Phi) is 6.28. The molecule has 7 nitrogen and oxygen atoms in total. The van der Waals surface area contributed by atoms with Gasteiger partial charge in [0.25, 0.3) is 5.91 Å². The lowest BCUT2D eigenvalue weighted by atomic mass is 10.0. The van der Waals surface area contributed by atoms with Gasteiger partial charge in [-0.3, -0.25) is 14.8 Å². The number of hydroxylamine groups is 1. The highest BCUT2D eigenvalue weighted by atomic mass is 16.5. The second-order valence-electron chi connectivity index (χ2n) is 6.99. The monoisotopic (exact) mass is 383 g/mol. The number of nitrogens with zero attached hydrogens (tertiary/aromatic N) is 2. The summed E-state index contributed by atoms with van der Waals surface area (Å²) in [6.07, 6.45) is -1.89. The molecule has 2 amide bonds. The Morgan fingerprint density at radius 1 is 1.07 bits per heavy atom. The van der Waals surface area contributed by atoms with Gasteiger partial charge in [-0.2, -0.15) is 0 Å². The van der Waals surface area contributed by atoms with E-state index in [2.05, 4.69) is 41.3 Å². The molecule has 2 atom stereocenters. The van der Waals surface area contributed by atoms with Crippen LogP contribution in [-0.2, 0) is 9.59 Å². The molecule has 2 aromatic carbocycles. The number of aliphatic hydroxyl groups excluding tert-OH is 1. The molecule has 148 valence electrons. The van der Waals surface area contributed by atoms with E-state index in [4.69, 9.17) is 5.21 Å². The molecule has 1 aliphatic rings. The maximum atomic E-state index is 12.4. The minimum absolute atomic E-state index is 0.0561. The lowest BCUT2D eigenvalue weighted by Crippen LogP contribution is -2.55. The Hall–Kier alpha value is -2.90. The first-order valence-corrected chi connectivity index (χ1v) is 9.31. The first kappa shape index (κ1) is 19.9. The summed E-state index contributed by atoms with van der Waals surface area (Å²) in [5, 5.41) is 18.2. The van der Waals surface area contributed by atoms with Gasteiger partial charge < -0.3 is 14.9 Å². The largest absolute Gasteiger partial charge is 0.383 e. The van der Waals surface area contributed by atoms with Crippen molar-refractivity contribution in [3.8, 4) is 11.1 Å². The highest BCUT2D eigenvalue weighted by Crippen LogP contribution is 2.25. The van der Waals surface area contributed by atoms with Gasteiger partial charge in [0.2, 0.25) is 5.91 Å². The van der Waals surface area contributed by atoms with Crippen LogP contribution in [0.1, 0.15) is 13.3 Å². The van der Waals surface area contributed by atoms with Crippen LogP contribution in [0.4, 0.5) is 5.69 Å². The summed E-state index contributed by atoms with van der Waals surface area (Å²) in [6, 6.07) is 18.5. The van der Waals surface area contributed by atoms with Gasteiger partial charge in [0.15, 0.2) is 0 Å². The molecular weight excluding hydrogens is 358 g/mol.